The van der Waals surface area contributed by atoms with Crippen molar-refractivity contribution < 1.29 is 0 Å². The molecule has 0 unspecified atom stereocenters. The Labute approximate surface area is 82.6 Å². The van der Waals surface area contributed by atoms with Gasteiger partial charge < -0.3 is 0 Å². The highest BCUT2D eigenvalue weighted by Crippen LogP contribution is 2.16. The fourth-order valence-electron chi connectivity index (χ4n) is 1.28. The summed E-state index contributed by atoms with van der Waals surface area (Å²) in [6, 6.07) is 9.58. The first-order valence-corrected chi connectivity index (χ1v) is 4.29. The number of benzene rings is 1. The van der Waals surface area contributed by atoms with Crippen molar-refractivity contribution in [1.82, 2.24) is 0 Å². The van der Waals surface area contributed by atoms with E-state index in [-0.39, 0.29) is 0 Å². The van der Waals surface area contributed by atoms with E-state index in [0.717, 1.165) is 11.1 Å². The number of nitrogens with zero attached hydrogens (tertiary/aromatic N) is 1. The van der Waals surface area contributed by atoms with E-state index >= 15 is 0 Å². The maximum Gasteiger partial charge on any atom is 0.0991 e. The van der Waals surface area contributed by atoms with Gasteiger partial charge in [-0.25, -0.2) is 0 Å². The average molecular weight is 177 g/mol. The lowest BCUT2D eigenvalue weighted by atomic mass is 10.0. The number of hydrogen-bond donors (Lipinski definition) is 0. The van der Waals surface area contributed by atoms with Crippen LogP contribution in [0.1, 0.15) is 11.1 Å². The first-order valence-electron chi connectivity index (χ1n) is 4.29. The van der Waals surface area contributed by atoms with Crippen LogP contribution < -0.4 is 0 Å². The highest BCUT2D eigenvalue weighted by atomic mass is 14.2. The normalized spacial score (nSPS) is 12.4. The second-order valence-corrected chi connectivity index (χ2v) is 2.90. The Balaban J connectivity index is 2.53. The van der Waals surface area contributed by atoms with Crippen molar-refractivity contribution in [2.75, 3.05) is 0 Å². The lowest BCUT2D eigenvalue weighted by molar-refractivity contribution is 1.47. The predicted octanol–water partition coefficient (Wildman–Crippen LogP) is 2.82. The molecule has 0 radical (unpaired) electrons. The lowest BCUT2D eigenvalue weighted by Crippen LogP contribution is -1.82. The van der Waals surface area contributed by atoms with E-state index in [1.165, 1.54) is 0 Å². The molecular weight excluding hydrogens is 170 g/mol. The van der Waals surface area contributed by atoms with E-state index < -0.39 is 0 Å². The summed E-state index contributed by atoms with van der Waals surface area (Å²) in [7, 11) is 0. The van der Waals surface area contributed by atoms with E-state index in [9.17, 15) is 0 Å². The third-order valence-corrected chi connectivity index (χ3v) is 1.95. The van der Waals surface area contributed by atoms with Gasteiger partial charge in [0.2, 0.25) is 0 Å². The molecule has 2 rings (SSSR count). The van der Waals surface area contributed by atoms with E-state index in [1.807, 2.05) is 30.4 Å². The molecule has 1 aliphatic carbocycles. The largest absolute Gasteiger partial charge is 0.192 e. The summed E-state index contributed by atoms with van der Waals surface area (Å²) < 4.78 is 0. The zero-order chi connectivity index (χ0) is 9.80. The predicted molar refractivity (Wildman–Crippen MR) is 55.3 cm³/mol. The summed E-state index contributed by atoms with van der Waals surface area (Å²) >= 11 is 0. The zero-order valence-electron chi connectivity index (χ0n) is 7.49. The SMILES string of the molecule is N#Cc1cccc(C2=C=C=CC=C2)c1. The van der Waals surface area contributed by atoms with Gasteiger partial charge >= 0.3 is 0 Å². The molecule has 0 fully saturated rings. The first kappa shape index (κ1) is 8.35. The van der Waals surface area contributed by atoms with Crippen molar-refractivity contribution in [1.29, 1.82) is 5.26 Å². The number of nitriles is 1. The van der Waals surface area contributed by atoms with Crippen LogP contribution in [0.2, 0.25) is 0 Å². The van der Waals surface area contributed by atoms with Gasteiger partial charge in [0, 0.05) is 5.57 Å². The summed E-state index contributed by atoms with van der Waals surface area (Å²) in [6.45, 7) is 0. The van der Waals surface area contributed by atoms with Crippen molar-refractivity contribution in [3.05, 3.63) is 65.1 Å². The average Bonchev–Trinajstić information content (AvgIpc) is 2.30. The first-order chi connectivity index (χ1) is 6.90. The Kier molecular flexibility index (Phi) is 2.17. The molecule has 0 bridgehead atoms. The van der Waals surface area contributed by atoms with E-state index in [2.05, 4.69) is 17.5 Å². The number of hydrogen-bond acceptors (Lipinski definition) is 1. The highest BCUT2D eigenvalue weighted by Gasteiger charge is 1.99. The van der Waals surface area contributed by atoms with Crippen molar-refractivity contribution in [2.24, 2.45) is 0 Å². The molecule has 0 saturated carbocycles. The van der Waals surface area contributed by atoms with E-state index in [0.29, 0.717) is 5.56 Å². The summed E-state index contributed by atoms with van der Waals surface area (Å²) in [5.74, 6) is 0. The van der Waals surface area contributed by atoms with E-state index in [1.54, 1.807) is 12.1 Å². The molecule has 1 heteroatoms. The van der Waals surface area contributed by atoms with Crippen LogP contribution >= 0.6 is 0 Å². The lowest BCUT2D eigenvalue weighted by Gasteiger charge is -1.99. The molecule has 64 valence electrons. The molecule has 1 aromatic carbocycles. The van der Waals surface area contributed by atoms with Gasteiger partial charge in [-0.15, -0.1) is 0 Å². The van der Waals surface area contributed by atoms with Gasteiger partial charge in [-0.05, 0) is 29.8 Å². The van der Waals surface area contributed by atoms with Crippen LogP contribution in [0.5, 0.6) is 0 Å². The molecule has 0 saturated heterocycles. The van der Waals surface area contributed by atoms with Gasteiger partial charge in [0.1, 0.15) is 0 Å². The third kappa shape index (κ3) is 1.58. The Morgan fingerprint density at radius 3 is 2.93 bits per heavy atom. The quantitative estimate of drug-likeness (QED) is 0.605. The van der Waals surface area contributed by atoms with Crippen molar-refractivity contribution in [3.8, 4) is 6.07 Å². The Hall–Kier alpha value is -2.25. The van der Waals surface area contributed by atoms with Gasteiger partial charge in [-0.3, -0.25) is 0 Å². The smallest absolute Gasteiger partial charge is 0.0991 e. The molecule has 0 atom stereocenters. The van der Waals surface area contributed by atoms with Gasteiger partial charge in [0.05, 0.1) is 11.6 Å². The fraction of sp³-hybridized carbons (Fsp3) is 0. The Morgan fingerprint density at radius 1 is 1.29 bits per heavy atom. The van der Waals surface area contributed by atoms with Crippen LogP contribution in [0.3, 0.4) is 0 Å². The van der Waals surface area contributed by atoms with Crippen molar-refractivity contribution in [3.63, 3.8) is 0 Å². The zero-order valence-corrected chi connectivity index (χ0v) is 7.49. The minimum Gasteiger partial charge on any atom is -0.192 e. The molecule has 0 aromatic heterocycles. The van der Waals surface area contributed by atoms with Crippen LogP contribution in [-0.2, 0) is 0 Å². The monoisotopic (exact) mass is 177 g/mol. The third-order valence-electron chi connectivity index (χ3n) is 1.95. The maximum absolute atomic E-state index is 8.74. The summed E-state index contributed by atoms with van der Waals surface area (Å²) in [4.78, 5) is 0. The standard InChI is InChI=1S/C13H7N/c14-10-11-5-4-8-13(9-11)12-6-2-1-3-7-12/h1-2,4-6,8-9H. The summed E-state index contributed by atoms with van der Waals surface area (Å²) in [5.41, 5.74) is 8.52. The van der Waals surface area contributed by atoms with Crippen LogP contribution in [-0.4, -0.2) is 0 Å². The maximum atomic E-state index is 8.74. The molecule has 0 heterocycles. The highest BCUT2D eigenvalue weighted by molar-refractivity contribution is 5.75. The van der Waals surface area contributed by atoms with E-state index in [4.69, 9.17) is 5.26 Å². The molecule has 1 nitrogen and oxygen atoms in total. The molecule has 0 amide bonds. The van der Waals surface area contributed by atoms with Crippen LogP contribution in [0, 0.1) is 11.3 Å². The Bertz CT molecular complexity index is 529. The van der Waals surface area contributed by atoms with Gasteiger partial charge in [-0.2, -0.15) is 5.26 Å². The molecule has 1 aliphatic rings. The summed E-state index contributed by atoms with van der Waals surface area (Å²) in [5, 5.41) is 8.74. The second-order valence-electron chi connectivity index (χ2n) is 2.90. The number of rotatable bonds is 1. The minimum atomic E-state index is 0.666. The summed E-state index contributed by atoms with van der Waals surface area (Å²) in [6.07, 6.45) is 5.66. The molecule has 0 spiro atoms. The Morgan fingerprint density at radius 2 is 2.21 bits per heavy atom. The van der Waals surface area contributed by atoms with Gasteiger partial charge in [-0.1, -0.05) is 29.7 Å². The molecule has 1 aromatic rings. The van der Waals surface area contributed by atoms with Gasteiger partial charge in [0.25, 0.3) is 0 Å². The molecule has 0 aliphatic heterocycles. The van der Waals surface area contributed by atoms with Gasteiger partial charge in [0.15, 0.2) is 0 Å². The van der Waals surface area contributed by atoms with Crippen LogP contribution in [0.25, 0.3) is 5.57 Å². The second kappa shape index (κ2) is 3.64. The molecular formula is C13H7N. The van der Waals surface area contributed by atoms with Crippen LogP contribution in [0.4, 0.5) is 0 Å². The molecule has 14 heavy (non-hydrogen) atoms. The van der Waals surface area contributed by atoms with Crippen molar-refractivity contribution in [2.45, 2.75) is 0 Å². The minimum absolute atomic E-state index is 0.666. The molecule has 0 N–H and O–H groups in total. The van der Waals surface area contributed by atoms with Crippen molar-refractivity contribution >= 4 is 5.57 Å². The van der Waals surface area contributed by atoms with Crippen LogP contribution in [0.15, 0.2) is 54.0 Å². The number of allylic oxidation sites excluding steroid dienone is 4. The fourth-order valence-corrected chi connectivity index (χ4v) is 1.28. The topological polar surface area (TPSA) is 23.8 Å².